The number of hydrogen-bond acceptors (Lipinski definition) is 7. The summed E-state index contributed by atoms with van der Waals surface area (Å²) in [6.07, 6.45) is 0.333. The van der Waals surface area contributed by atoms with Crippen LogP contribution in [-0.4, -0.2) is 31.3 Å². The number of methoxy groups -OCH3 is 2. The van der Waals surface area contributed by atoms with Gasteiger partial charge in [-0.25, -0.2) is 0 Å². The molecule has 1 atom stereocenters. The van der Waals surface area contributed by atoms with Crippen LogP contribution in [-0.2, 0) is 4.79 Å². The first-order chi connectivity index (χ1) is 14.2. The highest BCUT2D eigenvalue weighted by Gasteiger charge is 2.33. The minimum absolute atomic E-state index is 0.0471. The first-order valence-corrected chi connectivity index (χ1v) is 9.86. The number of ether oxygens (including phenoxy) is 4. The van der Waals surface area contributed by atoms with Crippen molar-refractivity contribution >= 4 is 23.1 Å². The van der Waals surface area contributed by atoms with Crippen LogP contribution in [0.3, 0.4) is 0 Å². The van der Waals surface area contributed by atoms with Crippen molar-refractivity contribution in [2.75, 3.05) is 26.3 Å². The molecule has 0 fully saturated rings. The summed E-state index contributed by atoms with van der Waals surface area (Å²) >= 11 is 1.40. The number of hydrogen-bond donors (Lipinski definition) is 1. The van der Waals surface area contributed by atoms with Gasteiger partial charge >= 0.3 is 0 Å². The van der Waals surface area contributed by atoms with Crippen molar-refractivity contribution in [2.45, 2.75) is 12.3 Å². The topological polar surface area (TPSA) is 78.9 Å². The lowest BCUT2D eigenvalue weighted by Gasteiger charge is -2.23. The Hall–Kier alpha value is -3.26. The van der Waals surface area contributed by atoms with Crippen LogP contribution < -0.4 is 24.3 Å². The average Bonchev–Trinajstić information content (AvgIpc) is 3.39. The molecule has 0 spiro atoms. The zero-order chi connectivity index (χ0) is 20.0. The smallest absolute Gasteiger partial charge is 0.231 e. The molecule has 3 heterocycles. The van der Waals surface area contributed by atoms with Crippen LogP contribution in [0.15, 0.2) is 36.4 Å². The maximum Gasteiger partial charge on any atom is 0.231 e. The van der Waals surface area contributed by atoms with Crippen LogP contribution in [0.5, 0.6) is 23.0 Å². The van der Waals surface area contributed by atoms with Gasteiger partial charge in [-0.1, -0.05) is 0 Å². The van der Waals surface area contributed by atoms with Gasteiger partial charge in [-0.05, 0) is 53.5 Å². The molecule has 29 heavy (non-hydrogen) atoms. The quantitative estimate of drug-likeness (QED) is 0.700. The first kappa shape index (κ1) is 17.8. The third-order valence-electron chi connectivity index (χ3n) is 5.14. The minimum Gasteiger partial charge on any atom is -0.497 e. The van der Waals surface area contributed by atoms with Gasteiger partial charge in [0.1, 0.15) is 11.4 Å². The number of rotatable bonds is 4. The van der Waals surface area contributed by atoms with E-state index in [0.29, 0.717) is 23.7 Å². The molecule has 5 rings (SSSR count). The average molecular weight is 410 g/mol. The summed E-state index contributed by atoms with van der Waals surface area (Å²) in [6.45, 7) is 0.160. The Bertz CT molecular complexity index is 1090. The zero-order valence-corrected chi connectivity index (χ0v) is 16.7. The molecule has 1 amide bonds. The van der Waals surface area contributed by atoms with Crippen molar-refractivity contribution in [3.05, 3.63) is 46.8 Å². The number of nitrogens with zero attached hydrogens (tertiary/aromatic N) is 1. The van der Waals surface area contributed by atoms with Gasteiger partial charge in [0, 0.05) is 17.9 Å². The molecule has 0 saturated heterocycles. The Morgan fingerprint density at radius 3 is 2.72 bits per heavy atom. The van der Waals surface area contributed by atoms with E-state index in [-0.39, 0.29) is 18.6 Å². The molecule has 0 radical (unpaired) electrons. The Labute approximate surface area is 171 Å². The largest absolute Gasteiger partial charge is 0.497 e. The summed E-state index contributed by atoms with van der Waals surface area (Å²) in [7, 11) is 3.22. The Kier molecular flexibility index (Phi) is 4.28. The third kappa shape index (κ3) is 2.96. The molecule has 1 aromatic heterocycles. The Morgan fingerprint density at radius 2 is 1.97 bits per heavy atom. The van der Waals surface area contributed by atoms with Gasteiger partial charge in [-0.2, -0.15) is 4.37 Å². The van der Waals surface area contributed by atoms with Crippen LogP contribution in [0, 0.1) is 0 Å². The van der Waals surface area contributed by atoms with Crippen molar-refractivity contribution in [1.29, 1.82) is 0 Å². The first-order valence-electron chi connectivity index (χ1n) is 9.09. The van der Waals surface area contributed by atoms with E-state index in [4.69, 9.17) is 18.9 Å². The molecule has 0 unspecified atom stereocenters. The second-order valence-electron chi connectivity index (χ2n) is 6.76. The van der Waals surface area contributed by atoms with Crippen LogP contribution >= 0.6 is 11.5 Å². The van der Waals surface area contributed by atoms with E-state index in [2.05, 4.69) is 9.69 Å². The number of aromatic nitrogens is 1. The summed E-state index contributed by atoms with van der Waals surface area (Å²) in [5.74, 6) is 2.42. The molecule has 2 aliphatic rings. The number of anilines is 1. The molecule has 2 aromatic carbocycles. The predicted octanol–water partition coefficient (Wildman–Crippen LogP) is 4.03. The van der Waals surface area contributed by atoms with E-state index in [0.717, 1.165) is 33.1 Å². The Balaban J connectivity index is 1.58. The van der Waals surface area contributed by atoms with Crippen molar-refractivity contribution < 1.29 is 23.7 Å². The molecule has 0 saturated carbocycles. The highest BCUT2D eigenvalue weighted by Crippen LogP contribution is 2.49. The summed E-state index contributed by atoms with van der Waals surface area (Å²) in [4.78, 5) is 13.5. The van der Waals surface area contributed by atoms with E-state index >= 15 is 0 Å². The molecule has 0 bridgehead atoms. The number of carbonyl (C=O) groups excluding carboxylic acids is 1. The maximum absolute atomic E-state index is 12.5. The maximum atomic E-state index is 12.5. The standard InChI is InChI=1S/C21H18N2O5S/c1-25-13-5-3-11(4-6-13)18-19-21(29-23-18)14(9-17(24)22-19)12-7-15(26-2)20-16(8-12)27-10-28-20/h3-8,14H,9-10H2,1-2H3,(H,22,24)/t14-/m0/s1. The summed E-state index contributed by atoms with van der Waals surface area (Å²) < 4.78 is 26.4. The summed E-state index contributed by atoms with van der Waals surface area (Å²) in [6, 6.07) is 11.5. The molecule has 2 aliphatic heterocycles. The lowest BCUT2D eigenvalue weighted by Crippen LogP contribution is -2.22. The van der Waals surface area contributed by atoms with Crippen molar-refractivity contribution in [1.82, 2.24) is 4.37 Å². The zero-order valence-electron chi connectivity index (χ0n) is 15.9. The minimum atomic E-state index is -0.133. The fraction of sp³-hybridized carbons (Fsp3) is 0.238. The van der Waals surface area contributed by atoms with E-state index in [1.54, 1.807) is 14.2 Å². The summed E-state index contributed by atoms with van der Waals surface area (Å²) in [5.41, 5.74) is 3.39. The lowest BCUT2D eigenvalue weighted by atomic mass is 9.89. The highest BCUT2D eigenvalue weighted by molar-refractivity contribution is 7.07. The van der Waals surface area contributed by atoms with Gasteiger partial charge < -0.3 is 24.3 Å². The van der Waals surface area contributed by atoms with E-state index < -0.39 is 0 Å². The van der Waals surface area contributed by atoms with Crippen molar-refractivity contribution in [3.63, 3.8) is 0 Å². The fourth-order valence-corrected chi connectivity index (χ4v) is 4.67. The molecule has 7 nitrogen and oxygen atoms in total. The van der Waals surface area contributed by atoms with Crippen molar-refractivity contribution in [2.24, 2.45) is 0 Å². The summed E-state index contributed by atoms with van der Waals surface area (Å²) in [5, 5.41) is 3.01. The monoisotopic (exact) mass is 410 g/mol. The number of fused-ring (bicyclic) bond motifs is 2. The molecule has 3 aromatic rings. The SMILES string of the molecule is COc1ccc(-c2nsc3c2NC(=O)C[C@H]3c2cc(OC)c3c(c2)OCO3)cc1. The molecule has 148 valence electrons. The van der Waals surface area contributed by atoms with Gasteiger partial charge in [0.25, 0.3) is 0 Å². The van der Waals surface area contributed by atoms with Crippen LogP contribution in [0.2, 0.25) is 0 Å². The van der Waals surface area contributed by atoms with E-state index in [1.807, 2.05) is 36.4 Å². The van der Waals surface area contributed by atoms with E-state index in [9.17, 15) is 4.79 Å². The second-order valence-corrected chi connectivity index (χ2v) is 7.57. The molecule has 0 aliphatic carbocycles. The lowest BCUT2D eigenvalue weighted by molar-refractivity contribution is -0.116. The molecule has 8 heteroatoms. The number of carbonyl (C=O) groups is 1. The number of nitrogens with one attached hydrogen (secondary N) is 1. The van der Waals surface area contributed by atoms with Gasteiger partial charge in [0.15, 0.2) is 11.5 Å². The predicted molar refractivity (Wildman–Crippen MR) is 108 cm³/mol. The number of amides is 1. The molecular weight excluding hydrogens is 392 g/mol. The highest BCUT2D eigenvalue weighted by atomic mass is 32.1. The molecule has 1 N–H and O–H groups in total. The number of benzene rings is 2. The second kappa shape index (κ2) is 6.97. The van der Waals surface area contributed by atoms with Gasteiger partial charge in [-0.3, -0.25) is 4.79 Å². The van der Waals surface area contributed by atoms with Crippen LogP contribution in [0.1, 0.15) is 22.8 Å². The fourth-order valence-electron chi connectivity index (χ4n) is 3.70. The van der Waals surface area contributed by atoms with Gasteiger partial charge in [0.2, 0.25) is 18.4 Å². The normalized spacial score (nSPS) is 16.9. The molecular formula is C21H18N2O5S. The van der Waals surface area contributed by atoms with Crippen molar-refractivity contribution in [3.8, 4) is 34.3 Å². The van der Waals surface area contributed by atoms with Gasteiger partial charge in [0.05, 0.1) is 24.8 Å². The third-order valence-corrected chi connectivity index (χ3v) is 6.09. The Morgan fingerprint density at radius 1 is 1.14 bits per heavy atom. The van der Waals surface area contributed by atoms with Crippen LogP contribution in [0.25, 0.3) is 11.3 Å². The van der Waals surface area contributed by atoms with E-state index in [1.165, 1.54) is 11.5 Å². The van der Waals surface area contributed by atoms with Gasteiger partial charge in [-0.15, -0.1) is 0 Å². The van der Waals surface area contributed by atoms with Crippen LogP contribution in [0.4, 0.5) is 5.69 Å².